The Morgan fingerprint density at radius 3 is 1.90 bits per heavy atom. The zero-order chi connectivity index (χ0) is 22.6. The second-order valence-electron chi connectivity index (χ2n) is 5.89. The normalized spacial score (nSPS) is 13.1. The second-order valence-corrected chi connectivity index (χ2v) is 5.89. The molecule has 0 saturated carbocycles. The van der Waals surface area contributed by atoms with E-state index in [1.807, 2.05) is 0 Å². The van der Waals surface area contributed by atoms with E-state index in [0.717, 1.165) is 11.1 Å². The molecule has 1 rings (SSSR count). The molecule has 0 aromatic heterocycles. The number of benzene rings is 1. The molecule has 0 unspecified atom stereocenters. The molecule has 0 aliphatic carbocycles. The number of hydrogen-bond acceptors (Lipinski definition) is 4. The van der Waals surface area contributed by atoms with E-state index in [2.05, 4.69) is 4.74 Å². The van der Waals surface area contributed by atoms with Crippen LogP contribution >= 0.6 is 0 Å². The van der Waals surface area contributed by atoms with Gasteiger partial charge in [-0.2, -0.15) is 26.3 Å². The zero-order valence-electron chi connectivity index (χ0n) is 14.8. The van der Waals surface area contributed by atoms with Crippen LogP contribution in [0, 0.1) is 13.8 Å². The molecule has 0 saturated heterocycles. The molecule has 12 heteroatoms. The van der Waals surface area contributed by atoms with Crippen molar-refractivity contribution in [3.63, 3.8) is 0 Å². The fourth-order valence-electron chi connectivity index (χ4n) is 1.96. The van der Waals surface area contributed by atoms with Crippen molar-refractivity contribution in [3.05, 3.63) is 41.5 Å². The third kappa shape index (κ3) is 5.91. The summed E-state index contributed by atoms with van der Waals surface area (Å²) in [7, 11) is 0. The Morgan fingerprint density at radius 2 is 1.41 bits per heavy atom. The van der Waals surface area contributed by atoms with Gasteiger partial charge in [0.05, 0.1) is 0 Å². The highest BCUT2D eigenvalue weighted by molar-refractivity contribution is 5.92. The number of alkyl halides is 8. The third-order valence-corrected chi connectivity index (χ3v) is 3.32. The summed E-state index contributed by atoms with van der Waals surface area (Å²) < 4.78 is 110. The maximum atomic E-state index is 13.2. The predicted octanol–water partition coefficient (Wildman–Crippen LogP) is 4.48. The van der Waals surface area contributed by atoms with Gasteiger partial charge in [-0.25, -0.2) is 18.4 Å². The molecule has 0 bridgehead atoms. The lowest BCUT2D eigenvalue weighted by molar-refractivity contribution is -0.344. The summed E-state index contributed by atoms with van der Waals surface area (Å²) in [4.78, 5) is 22.8. The highest BCUT2D eigenvalue weighted by Crippen LogP contribution is 2.48. The molecule has 0 radical (unpaired) electrons. The van der Waals surface area contributed by atoms with E-state index in [4.69, 9.17) is 4.74 Å². The van der Waals surface area contributed by atoms with E-state index >= 15 is 0 Å². The number of carbonyl (C=O) groups is 2. The molecule has 29 heavy (non-hydrogen) atoms. The Kier molecular flexibility index (Phi) is 7.38. The van der Waals surface area contributed by atoms with Crippen molar-refractivity contribution in [2.45, 2.75) is 38.0 Å². The second kappa shape index (κ2) is 8.78. The number of esters is 2. The van der Waals surface area contributed by atoms with E-state index in [9.17, 15) is 44.7 Å². The van der Waals surface area contributed by atoms with Crippen LogP contribution in [-0.2, 0) is 14.3 Å². The molecular formula is C17H14F8O4. The average Bonchev–Trinajstić information content (AvgIpc) is 2.56. The van der Waals surface area contributed by atoms with Gasteiger partial charge in [-0.05, 0) is 37.1 Å². The number of ether oxygens (including phenoxy) is 2. The summed E-state index contributed by atoms with van der Waals surface area (Å²) in [5.41, 5.74) is 1.47. The Morgan fingerprint density at radius 1 is 0.931 bits per heavy atom. The van der Waals surface area contributed by atoms with E-state index in [1.165, 1.54) is 12.1 Å². The van der Waals surface area contributed by atoms with Crippen molar-refractivity contribution in [1.82, 2.24) is 0 Å². The Labute approximate surface area is 159 Å². The van der Waals surface area contributed by atoms with Crippen molar-refractivity contribution in [3.8, 4) is 5.75 Å². The van der Waals surface area contributed by atoms with Gasteiger partial charge in [0.1, 0.15) is 5.75 Å². The van der Waals surface area contributed by atoms with Crippen molar-refractivity contribution in [1.29, 1.82) is 0 Å². The molecule has 0 spiro atoms. The van der Waals surface area contributed by atoms with Gasteiger partial charge in [0.15, 0.2) is 6.61 Å². The quantitative estimate of drug-likeness (QED) is 0.262. The van der Waals surface area contributed by atoms with Crippen LogP contribution in [0.4, 0.5) is 35.1 Å². The van der Waals surface area contributed by atoms with Crippen LogP contribution in [0.15, 0.2) is 30.4 Å². The summed E-state index contributed by atoms with van der Waals surface area (Å²) in [6.45, 7) is 0.772. The number of halogens is 8. The number of carbonyl (C=O) groups excluding carboxylic acids is 2. The highest BCUT2D eigenvalue weighted by Gasteiger charge is 2.75. The summed E-state index contributed by atoms with van der Waals surface area (Å²) in [5.74, 6) is -21.5. The largest absolute Gasteiger partial charge is 0.456 e. The average molecular weight is 434 g/mol. The molecule has 1 aromatic carbocycles. The van der Waals surface area contributed by atoms with Gasteiger partial charge in [0, 0.05) is 12.2 Å². The van der Waals surface area contributed by atoms with E-state index in [0.29, 0.717) is 6.08 Å². The van der Waals surface area contributed by atoms with Crippen LogP contribution in [0.25, 0.3) is 0 Å². The minimum absolute atomic E-state index is 0.0888. The summed E-state index contributed by atoms with van der Waals surface area (Å²) in [6, 6.07) is 4.68. The van der Waals surface area contributed by atoms with Crippen LogP contribution < -0.4 is 4.74 Å². The van der Waals surface area contributed by atoms with Gasteiger partial charge in [0.25, 0.3) is 0 Å². The Balaban J connectivity index is 2.70. The standard InChI is InChI=1S/C17H14F8O4/c1-9-5-10(2)7-11(6-9)29-13(27)4-3-12(26)28-8-15(20,21)17(24,25)16(22,23)14(18)19/h3-7,14H,8H2,1-2H3/b4-3+. The fraction of sp³-hybridized carbons (Fsp3) is 0.412. The predicted molar refractivity (Wildman–Crippen MR) is 82.5 cm³/mol. The van der Waals surface area contributed by atoms with Gasteiger partial charge < -0.3 is 9.47 Å². The third-order valence-electron chi connectivity index (χ3n) is 3.32. The number of rotatable bonds is 8. The molecule has 0 fully saturated rings. The Bertz CT molecular complexity index is 769. The first kappa shape index (κ1) is 24.4. The first-order chi connectivity index (χ1) is 13.1. The van der Waals surface area contributed by atoms with Crippen LogP contribution in [0.2, 0.25) is 0 Å². The van der Waals surface area contributed by atoms with Gasteiger partial charge in [-0.3, -0.25) is 0 Å². The highest BCUT2D eigenvalue weighted by atomic mass is 19.4. The first-order valence-corrected chi connectivity index (χ1v) is 7.66. The fourth-order valence-corrected chi connectivity index (χ4v) is 1.96. The van der Waals surface area contributed by atoms with Crippen LogP contribution in [0.1, 0.15) is 11.1 Å². The molecule has 0 heterocycles. The van der Waals surface area contributed by atoms with Crippen molar-refractivity contribution >= 4 is 11.9 Å². The molecule has 0 aliphatic rings. The van der Waals surface area contributed by atoms with Gasteiger partial charge >= 0.3 is 36.1 Å². The van der Waals surface area contributed by atoms with Gasteiger partial charge in [-0.15, -0.1) is 0 Å². The van der Waals surface area contributed by atoms with E-state index in [1.54, 1.807) is 19.9 Å². The maximum Gasteiger partial charge on any atom is 0.381 e. The van der Waals surface area contributed by atoms with Crippen LogP contribution in [0.3, 0.4) is 0 Å². The SMILES string of the molecule is Cc1cc(C)cc(OC(=O)/C=C/C(=O)OCC(F)(F)C(F)(F)C(F)(F)C(F)F)c1. The van der Waals surface area contributed by atoms with Gasteiger partial charge in [-0.1, -0.05) is 6.07 Å². The molecule has 0 aliphatic heterocycles. The molecule has 0 atom stereocenters. The lowest BCUT2D eigenvalue weighted by Crippen LogP contribution is -2.59. The van der Waals surface area contributed by atoms with Crippen molar-refractivity contribution in [2.75, 3.05) is 6.61 Å². The topological polar surface area (TPSA) is 52.6 Å². The van der Waals surface area contributed by atoms with Gasteiger partial charge in [0.2, 0.25) is 0 Å². The Hall–Kier alpha value is -2.66. The lowest BCUT2D eigenvalue weighted by Gasteiger charge is -2.31. The first-order valence-electron chi connectivity index (χ1n) is 7.66. The molecule has 0 amide bonds. The minimum Gasteiger partial charge on any atom is -0.456 e. The minimum atomic E-state index is -6.50. The smallest absolute Gasteiger partial charge is 0.381 e. The molecule has 1 aromatic rings. The number of aryl methyl sites for hydroxylation is 2. The molecule has 4 nitrogen and oxygen atoms in total. The lowest BCUT2D eigenvalue weighted by atomic mass is 10.1. The summed E-state index contributed by atoms with van der Waals surface area (Å²) >= 11 is 0. The van der Waals surface area contributed by atoms with E-state index < -0.39 is 42.7 Å². The summed E-state index contributed by atoms with van der Waals surface area (Å²) in [6.07, 6.45) is -4.46. The number of hydrogen-bond donors (Lipinski definition) is 0. The van der Waals surface area contributed by atoms with Crippen molar-refractivity contribution in [2.24, 2.45) is 0 Å². The molecular weight excluding hydrogens is 420 g/mol. The zero-order valence-corrected chi connectivity index (χ0v) is 14.8. The molecule has 0 N–H and O–H groups in total. The van der Waals surface area contributed by atoms with Crippen LogP contribution in [-0.4, -0.2) is 42.7 Å². The summed E-state index contributed by atoms with van der Waals surface area (Å²) in [5, 5.41) is 0. The van der Waals surface area contributed by atoms with Crippen LogP contribution in [0.5, 0.6) is 5.75 Å². The van der Waals surface area contributed by atoms with Crippen molar-refractivity contribution < 1.29 is 54.2 Å². The molecule has 162 valence electrons. The maximum absolute atomic E-state index is 13.2. The van der Waals surface area contributed by atoms with E-state index in [-0.39, 0.29) is 11.8 Å². The monoisotopic (exact) mass is 434 g/mol.